The first-order chi connectivity index (χ1) is 7.91. The average molecular weight is 256 g/mol. The lowest BCUT2D eigenvalue weighted by Crippen LogP contribution is -2.32. The Kier molecular flexibility index (Phi) is 5.11. The van der Waals surface area contributed by atoms with E-state index in [4.69, 9.17) is 0 Å². The zero-order valence-electron chi connectivity index (χ0n) is 10.6. The Balaban J connectivity index is 2.58. The Hall–Kier alpha value is -0.910. The number of likely N-dealkylation sites (N-methyl/N-ethyl adjacent to an activating group) is 1. The van der Waals surface area contributed by atoms with Gasteiger partial charge in [0, 0.05) is 13.1 Å². The van der Waals surface area contributed by atoms with Crippen molar-refractivity contribution in [2.24, 2.45) is 0 Å². The summed E-state index contributed by atoms with van der Waals surface area (Å²) in [5.74, 6) is 0.0487. The molecule has 0 aliphatic rings. The first-order valence-corrected chi connectivity index (χ1v) is 7.22. The Morgan fingerprint density at radius 3 is 2.47 bits per heavy atom. The van der Waals surface area contributed by atoms with Crippen LogP contribution in [0.5, 0.6) is 0 Å². The summed E-state index contributed by atoms with van der Waals surface area (Å²) in [6.07, 6.45) is 0. The van der Waals surface area contributed by atoms with E-state index in [-0.39, 0.29) is 5.75 Å². The van der Waals surface area contributed by atoms with Crippen molar-refractivity contribution in [2.75, 3.05) is 27.2 Å². The van der Waals surface area contributed by atoms with Crippen LogP contribution in [0.25, 0.3) is 0 Å². The van der Waals surface area contributed by atoms with E-state index in [1.54, 1.807) is 0 Å². The third-order valence-corrected chi connectivity index (χ3v) is 3.82. The summed E-state index contributed by atoms with van der Waals surface area (Å²) >= 11 is 0. The number of benzene rings is 1. The summed E-state index contributed by atoms with van der Waals surface area (Å²) in [5, 5.41) is 0. The predicted molar refractivity (Wildman–Crippen MR) is 70.4 cm³/mol. The second kappa shape index (κ2) is 6.14. The van der Waals surface area contributed by atoms with Gasteiger partial charge in [0.1, 0.15) is 0 Å². The maximum Gasteiger partial charge on any atom is 0.215 e. The molecule has 0 spiro atoms. The van der Waals surface area contributed by atoms with Gasteiger partial charge in [-0.1, -0.05) is 24.3 Å². The van der Waals surface area contributed by atoms with E-state index in [9.17, 15) is 8.42 Å². The van der Waals surface area contributed by atoms with Crippen LogP contribution in [0.1, 0.15) is 11.1 Å². The summed E-state index contributed by atoms with van der Waals surface area (Å²) in [7, 11) is 0.595. The van der Waals surface area contributed by atoms with Gasteiger partial charge < -0.3 is 4.90 Å². The Labute approximate surface area is 104 Å². The number of nitrogens with zero attached hydrogens (tertiary/aromatic N) is 1. The largest absolute Gasteiger partial charge is 0.308 e. The minimum Gasteiger partial charge on any atom is -0.308 e. The van der Waals surface area contributed by atoms with E-state index in [1.165, 1.54) is 0 Å². The molecule has 96 valence electrons. The first kappa shape index (κ1) is 14.2. The molecular weight excluding hydrogens is 236 g/mol. The number of hydrogen-bond acceptors (Lipinski definition) is 3. The Morgan fingerprint density at radius 1 is 1.24 bits per heavy atom. The number of rotatable bonds is 6. The van der Waals surface area contributed by atoms with Crippen LogP contribution in [-0.4, -0.2) is 40.5 Å². The predicted octanol–water partition coefficient (Wildman–Crippen LogP) is 0.976. The molecular formula is C12H20N2O2S. The van der Waals surface area contributed by atoms with Gasteiger partial charge in [0.25, 0.3) is 0 Å². The molecule has 0 aliphatic carbocycles. The molecule has 0 bridgehead atoms. The van der Waals surface area contributed by atoms with Crippen LogP contribution in [0.15, 0.2) is 24.3 Å². The highest BCUT2D eigenvalue weighted by atomic mass is 32.2. The average Bonchev–Trinajstić information content (AvgIpc) is 2.20. The lowest BCUT2D eigenvalue weighted by Gasteiger charge is -2.11. The van der Waals surface area contributed by atoms with Crippen molar-refractivity contribution in [1.82, 2.24) is 9.62 Å². The van der Waals surface area contributed by atoms with Crippen LogP contribution in [0, 0.1) is 6.92 Å². The number of sulfonamides is 1. The second-order valence-corrected chi connectivity index (χ2v) is 6.19. The number of nitrogens with one attached hydrogen (secondary N) is 1. The molecule has 0 saturated carbocycles. The summed E-state index contributed by atoms with van der Waals surface area (Å²) < 4.78 is 26.2. The van der Waals surface area contributed by atoms with Crippen molar-refractivity contribution in [2.45, 2.75) is 12.7 Å². The molecule has 0 amide bonds. The van der Waals surface area contributed by atoms with Gasteiger partial charge in [0.2, 0.25) is 10.0 Å². The molecule has 0 atom stereocenters. The molecule has 0 heterocycles. The SMILES string of the molecule is Cc1ccccc1CS(=O)(=O)NCCN(C)C. The van der Waals surface area contributed by atoms with E-state index >= 15 is 0 Å². The van der Waals surface area contributed by atoms with E-state index in [0.717, 1.165) is 11.1 Å². The normalized spacial score (nSPS) is 12.0. The molecule has 0 aliphatic heterocycles. The summed E-state index contributed by atoms with van der Waals surface area (Å²) in [6.45, 7) is 3.07. The van der Waals surface area contributed by atoms with Gasteiger partial charge in [-0.2, -0.15) is 0 Å². The molecule has 1 aromatic carbocycles. The molecule has 0 aromatic heterocycles. The molecule has 0 saturated heterocycles. The Morgan fingerprint density at radius 2 is 1.88 bits per heavy atom. The number of aryl methyl sites for hydroxylation is 1. The molecule has 1 N–H and O–H groups in total. The van der Waals surface area contributed by atoms with Crippen molar-refractivity contribution < 1.29 is 8.42 Å². The number of hydrogen-bond donors (Lipinski definition) is 1. The fourth-order valence-electron chi connectivity index (χ4n) is 1.45. The zero-order chi connectivity index (χ0) is 12.9. The van der Waals surface area contributed by atoms with Gasteiger partial charge >= 0.3 is 0 Å². The highest BCUT2D eigenvalue weighted by molar-refractivity contribution is 7.88. The van der Waals surface area contributed by atoms with Gasteiger partial charge in [0.05, 0.1) is 5.75 Å². The second-order valence-electron chi connectivity index (χ2n) is 4.38. The van der Waals surface area contributed by atoms with Crippen LogP contribution in [-0.2, 0) is 15.8 Å². The van der Waals surface area contributed by atoms with Crippen LogP contribution in [0.2, 0.25) is 0 Å². The van der Waals surface area contributed by atoms with Crippen molar-refractivity contribution in [3.05, 3.63) is 35.4 Å². The van der Waals surface area contributed by atoms with Crippen molar-refractivity contribution in [3.63, 3.8) is 0 Å². The van der Waals surface area contributed by atoms with Gasteiger partial charge in [0.15, 0.2) is 0 Å². The smallest absolute Gasteiger partial charge is 0.215 e. The monoisotopic (exact) mass is 256 g/mol. The topological polar surface area (TPSA) is 49.4 Å². The lowest BCUT2D eigenvalue weighted by molar-refractivity contribution is 0.412. The van der Waals surface area contributed by atoms with Crippen molar-refractivity contribution in [3.8, 4) is 0 Å². The summed E-state index contributed by atoms with van der Waals surface area (Å²) in [4.78, 5) is 1.94. The quantitative estimate of drug-likeness (QED) is 0.825. The van der Waals surface area contributed by atoms with Crippen LogP contribution in [0.3, 0.4) is 0 Å². The Bertz CT molecular complexity index is 455. The van der Waals surface area contributed by atoms with Gasteiger partial charge in [-0.05, 0) is 32.1 Å². The van der Waals surface area contributed by atoms with Crippen molar-refractivity contribution >= 4 is 10.0 Å². The molecule has 0 radical (unpaired) electrons. The fraction of sp³-hybridized carbons (Fsp3) is 0.500. The van der Waals surface area contributed by atoms with E-state index in [0.29, 0.717) is 13.1 Å². The van der Waals surface area contributed by atoms with Crippen LogP contribution < -0.4 is 4.72 Å². The summed E-state index contributed by atoms with van der Waals surface area (Å²) in [6, 6.07) is 7.54. The maximum atomic E-state index is 11.8. The van der Waals surface area contributed by atoms with E-state index in [1.807, 2.05) is 50.2 Å². The maximum absolute atomic E-state index is 11.8. The molecule has 0 fully saturated rings. The minimum atomic E-state index is -3.23. The van der Waals surface area contributed by atoms with Crippen molar-refractivity contribution in [1.29, 1.82) is 0 Å². The van der Waals surface area contributed by atoms with E-state index < -0.39 is 10.0 Å². The van der Waals surface area contributed by atoms with E-state index in [2.05, 4.69) is 4.72 Å². The van der Waals surface area contributed by atoms with Gasteiger partial charge in [-0.15, -0.1) is 0 Å². The van der Waals surface area contributed by atoms with Crippen LogP contribution >= 0.6 is 0 Å². The first-order valence-electron chi connectivity index (χ1n) is 5.57. The highest BCUT2D eigenvalue weighted by Crippen LogP contribution is 2.10. The van der Waals surface area contributed by atoms with Crippen LogP contribution in [0.4, 0.5) is 0 Å². The minimum absolute atomic E-state index is 0.0487. The molecule has 1 aromatic rings. The molecule has 4 nitrogen and oxygen atoms in total. The molecule has 1 rings (SSSR count). The standard InChI is InChI=1S/C12H20N2O2S/c1-11-6-4-5-7-12(11)10-17(15,16)13-8-9-14(2)3/h4-7,13H,8-10H2,1-3H3. The third kappa shape index (κ3) is 5.30. The zero-order valence-corrected chi connectivity index (χ0v) is 11.4. The molecule has 17 heavy (non-hydrogen) atoms. The fourth-order valence-corrected chi connectivity index (χ4v) is 2.69. The highest BCUT2D eigenvalue weighted by Gasteiger charge is 2.12. The molecule has 0 unspecified atom stereocenters. The third-order valence-electron chi connectivity index (χ3n) is 2.49. The van der Waals surface area contributed by atoms with Gasteiger partial charge in [-0.25, -0.2) is 13.1 Å². The lowest BCUT2D eigenvalue weighted by atomic mass is 10.1. The summed E-state index contributed by atoms with van der Waals surface area (Å²) in [5.41, 5.74) is 1.86. The van der Waals surface area contributed by atoms with Gasteiger partial charge in [-0.3, -0.25) is 0 Å². The molecule has 5 heteroatoms.